The molecule has 4 aromatic rings. The fraction of sp³-hybridized carbons (Fsp3) is 0.167. The summed E-state index contributed by atoms with van der Waals surface area (Å²) in [4.78, 5) is 16.7. The molecule has 11 heteroatoms. The number of rotatable bonds is 3. The Kier molecular flexibility index (Phi) is 4.25. The first kappa shape index (κ1) is 18.8. The summed E-state index contributed by atoms with van der Waals surface area (Å²) in [5.74, 6) is -0.160. The lowest BCUT2D eigenvalue weighted by atomic mass is 10.2. The van der Waals surface area contributed by atoms with Crippen LogP contribution in [0.2, 0.25) is 0 Å². The van der Waals surface area contributed by atoms with Crippen LogP contribution in [0.25, 0.3) is 27.6 Å². The number of hydrogen-bond acceptors (Lipinski definition) is 4. The van der Waals surface area contributed by atoms with E-state index in [1.165, 1.54) is 41.2 Å². The van der Waals surface area contributed by atoms with Crippen LogP contribution in [0.1, 0.15) is 5.69 Å². The number of halogens is 5. The molecule has 150 valence electrons. The summed E-state index contributed by atoms with van der Waals surface area (Å²) in [7, 11) is 1.56. The molecule has 29 heavy (non-hydrogen) atoms. The number of hydrogen-bond donors (Lipinski definition) is 0. The van der Waals surface area contributed by atoms with Crippen molar-refractivity contribution >= 4 is 21.9 Å². The number of pyridine rings is 2. The van der Waals surface area contributed by atoms with Gasteiger partial charge in [-0.15, -0.1) is 0 Å². The lowest BCUT2D eigenvalue weighted by Gasteiger charge is -2.14. The highest BCUT2D eigenvalue weighted by molar-refractivity contribution is 6.02. The number of nitrogens with zero attached hydrogens (tertiary/aromatic N) is 4. The van der Waals surface area contributed by atoms with Crippen molar-refractivity contribution < 1.29 is 26.7 Å². The van der Waals surface area contributed by atoms with Crippen LogP contribution in [0.3, 0.4) is 0 Å². The molecule has 0 aliphatic heterocycles. The smallest absolute Gasteiger partial charge is 0.433 e. The average molecular weight is 410 g/mol. The van der Waals surface area contributed by atoms with Crippen molar-refractivity contribution in [3.63, 3.8) is 0 Å². The van der Waals surface area contributed by atoms with Gasteiger partial charge >= 0.3 is 12.8 Å². The lowest BCUT2D eigenvalue weighted by Crippen LogP contribution is -2.21. The third-order valence-corrected chi connectivity index (χ3v) is 4.32. The fourth-order valence-corrected chi connectivity index (χ4v) is 3.11. The summed E-state index contributed by atoms with van der Waals surface area (Å²) in [5.41, 5.74) is -1.57. The fourth-order valence-electron chi connectivity index (χ4n) is 3.11. The Morgan fingerprint density at radius 1 is 1.03 bits per heavy atom. The zero-order valence-electron chi connectivity index (χ0n) is 14.6. The minimum absolute atomic E-state index is 0.138. The summed E-state index contributed by atoms with van der Waals surface area (Å²) in [6.07, 6.45) is -3.41. The van der Waals surface area contributed by atoms with Gasteiger partial charge in [0.2, 0.25) is 0 Å². The molecule has 3 aromatic heterocycles. The van der Waals surface area contributed by atoms with Gasteiger partial charge in [-0.05, 0) is 36.4 Å². The SMILES string of the molecule is Cn1ncc2c(=O)n(-c3ccc(OC(F)F)cc3)c3nc(C(F)(F)F)ccc3c21. The van der Waals surface area contributed by atoms with Crippen molar-refractivity contribution in [3.8, 4) is 11.4 Å². The van der Waals surface area contributed by atoms with E-state index in [2.05, 4.69) is 14.8 Å². The van der Waals surface area contributed by atoms with Crippen molar-refractivity contribution in [2.24, 2.45) is 7.05 Å². The minimum atomic E-state index is -4.72. The Balaban J connectivity index is 2.05. The molecule has 0 radical (unpaired) electrons. The van der Waals surface area contributed by atoms with Crippen LogP contribution in [0.5, 0.6) is 5.75 Å². The second-order valence-electron chi connectivity index (χ2n) is 6.11. The van der Waals surface area contributed by atoms with Crippen LogP contribution < -0.4 is 10.3 Å². The van der Waals surface area contributed by atoms with Crippen molar-refractivity contribution in [2.75, 3.05) is 0 Å². The molecular weight excluding hydrogens is 399 g/mol. The van der Waals surface area contributed by atoms with Gasteiger partial charge < -0.3 is 4.74 Å². The lowest BCUT2D eigenvalue weighted by molar-refractivity contribution is -0.141. The predicted molar refractivity (Wildman–Crippen MR) is 93.2 cm³/mol. The van der Waals surface area contributed by atoms with E-state index in [4.69, 9.17) is 0 Å². The summed E-state index contributed by atoms with van der Waals surface area (Å²) in [6.45, 7) is -3.04. The van der Waals surface area contributed by atoms with Gasteiger partial charge in [0.25, 0.3) is 5.56 Å². The monoisotopic (exact) mass is 410 g/mol. The van der Waals surface area contributed by atoms with E-state index in [0.717, 1.165) is 10.6 Å². The number of aromatic nitrogens is 4. The number of aryl methyl sites for hydroxylation is 1. The molecular formula is C18H11F5N4O2. The molecule has 0 bridgehead atoms. The van der Waals surface area contributed by atoms with E-state index in [0.29, 0.717) is 5.52 Å². The summed E-state index contributed by atoms with van der Waals surface area (Å²) in [5, 5.41) is 4.46. The second kappa shape index (κ2) is 6.54. The maximum atomic E-state index is 13.2. The third-order valence-electron chi connectivity index (χ3n) is 4.32. The van der Waals surface area contributed by atoms with Crippen molar-refractivity contribution in [1.29, 1.82) is 0 Å². The quantitative estimate of drug-likeness (QED) is 0.481. The second-order valence-corrected chi connectivity index (χ2v) is 6.11. The first-order chi connectivity index (χ1) is 13.7. The topological polar surface area (TPSA) is 61.9 Å². The predicted octanol–water partition coefficient (Wildman–Crippen LogP) is 3.89. The van der Waals surface area contributed by atoms with Crippen LogP contribution in [0.15, 0.2) is 47.4 Å². The largest absolute Gasteiger partial charge is 0.435 e. The average Bonchev–Trinajstić information content (AvgIpc) is 3.04. The molecule has 6 nitrogen and oxygen atoms in total. The normalized spacial score (nSPS) is 12.2. The molecule has 0 spiro atoms. The highest BCUT2D eigenvalue weighted by atomic mass is 19.4. The highest BCUT2D eigenvalue weighted by Crippen LogP contribution is 2.31. The highest BCUT2D eigenvalue weighted by Gasteiger charge is 2.33. The van der Waals surface area contributed by atoms with Gasteiger partial charge in [-0.1, -0.05) is 0 Å². The molecule has 0 atom stereocenters. The van der Waals surface area contributed by atoms with Crippen LogP contribution in [-0.4, -0.2) is 25.9 Å². The van der Waals surface area contributed by atoms with Gasteiger partial charge in [-0.2, -0.15) is 27.1 Å². The number of ether oxygens (including phenoxy) is 1. The number of fused-ring (bicyclic) bond motifs is 3. The van der Waals surface area contributed by atoms with Gasteiger partial charge in [0.1, 0.15) is 17.1 Å². The molecule has 0 amide bonds. The molecule has 3 heterocycles. The molecule has 0 unspecified atom stereocenters. The van der Waals surface area contributed by atoms with E-state index < -0.39 is 24.0 Å². The van der Waals surface area contributed by atoms with Gasteiger partial charge in [0, 0.05) is 12.4 Å². The van der Waals surface area contributed by atoms with Gasteiger partial charge in [0.05, 0.1) is 22.8 Å². The number of alkyl halides is 5. The maximum absolute atomic E-state index is 13.2. The van der Waals surface area contributed by atoms with Crippen molar-refractivity contribution in [1.82, 2.24) is 19.3 Å². The van der Waals surface area contributed by atoms with Crippen LogP contribution in [0, 0.1) is 0 Å². The summed E-state index contributed by atoms with van der Waals surface area (Å²) < 4.78 is 70.9. The van der Waals surface area contributed by atoms with E-state index in [1.54, 1.807) is 7.05 Å². The van der Waals surface area contributed by atoms with E-state index in [9.17, 15) is 26.7 Å². The molecule has 0 aliphatic rings. The Hall–Kier alpha value is -3.50. The Bertz CT molecular complexity index is 1280. The Morgan fingerprint density at radius 2 is 1.72 bits per heavy atom. The Morgan fingerprint density at radius 3 is 2.34 bits per heavy atom. The Labute approximate surface area is 158 Å². The maximum Gasteiger partial charge on any atom is 0.433 e. The van der Waals surface area contributed by atoms with Gasteiger partial charge in [-0.3, -0.25) is 14.0 Å². The van der Waals surface area contributed by atoms with Crippen molar-refractivity contribution in [2.45, 2.75) is 12.8 Å². The van der Waals surface area contributed by atoms with Gasteiger partial charge in [0.15, 0.2) is 0 Å². The zero-order chi connectivity index (χ0) is 20.9. The molecule has 4 rings (SSSR count). The third kappa shape index (κ3) is 3.18. The van der Waals surface area contributed by atoms with E-state index in [-0.39, 0.29) is 27.9 Å². The van der Waals surface area contributed by atoms with Gasteiger partial charge in [-0.25, -0.2) is 4.98 Å². The summed E-state index contributed by atoms with van der Waals surface area (Å²) in [6, 6.07) is 6.97. The minimum Gasteiger partial charge on any atom is -0.435 e. The van der Waals surface area contributed by atoms with Crippen molar-refractivity contribution in [3.05, 3.63) is 58.6 Å². The van der Waals surface area contributed by atoms with Crippen LogP contribution in [-0.2, 0) is 13.2 Å². The van der Waals surface area contributed by atoms with E-state index >= 15 is 0 Å². The van der Waals surface area contributed by atoms with E-state index in [1.807, 2.05) is 0 Å². The van der Waals surface area contributed by atoms with Crippen LogP contribution in [0.4, 0.5) is 22.0 Å². The van der Waals surface area contributed by atoms with Crippen LogP contribution >= 0.6 is 0 Å². The molecule has 0 saturated carbocycles. The summed E-state index contributed by atoms with van der Waals surface area (Å²) >= 11 is 0. The molecule has 0 aliphatic carbocycles. The molecule has 0 N–H and O–H groups in total. The first-order valence-corrected chi connectivity index (χ1v) is 8.17. The standard InChI is InChI=1S/C18H11F5N4O2/c1-26-14-11-6-7-13(18(21,22)23)25-15(11)27(16(28)12(14)8-24-26)9-2-4-10(5-3-9)29-17(19)20/h2-8,17H,1H3. The first-order valence-electron chi connectivity index (χ1n) is 8.17. The zero-order valence-corrected chi connectivity index (χ0v) is 14.6. The number of benzene rings is 1. The molecule has 0 fully saturated rings. The molecule has 1 aromatic carbocycles. The molecule has 0 saturated heterocycles.